The number of sulfone groups is 1. The van der Waals surface area contributed by atoms with E-state index < -0.39 is 21.0 Å². The number of hydrogen-bond donors (Lipinski definition) is 1. The monoisotopic (exact) mass is 339 g/mol. The molecular weight excluding hydrogens is 314 g/mol. The minimum atomic E-state index is -3.53. The van der Waals surface area contributed by atoms with Gasteiger partial charge in [-0.15, -0.1) is 0 Å². The lowest BCUT2D eigenvalue weighted by atomic mass is 10.1. The van der Waals surface area contributed by atoms with Gasteiger partial charge in [-0.2, -0.15) is 0 Å². The predicted octanol–water partition coefficient (Wildman–Crippen LogP) is 2.53. The molecule has 1 N–H and O–H groups in total. The van der Waals surface area contributed by atoms with Gasteiger partial charge in [0.05, 0.1) is 11.9 Å². The highest BCUT2D eigenvalue weighted by atomic mass is 32.2. The maximum atomic E-state index is 12.4. The summed E-state index contributed by atoms with van der Waals surface area (Å²) in [6.07, 6.45) is 1.34. The molecule has 0 bridgehead atoms. The van der Waals surface area contributed by atoms with Crippen molar-refractivity contribution < 1.29 is 17.9 Å². The summed E-state index contributed by atoms with van der Waals surface area (Å²) in [5.74, 6) is -0.578. The molecule has 0 aromatic heterocycles. The van der Waals surface area contributed by atoms with Gasteiger partial charge in [-0.05, 0) is 51.7 Å². The van der Waals surface area contributed by atoms with Crippen LogP contribution in [0.5, 0.6) is 0 Å². The van der Waals surface area contributed by atoms with E-state index in [0.717, 1.165) is 29.5 Å². The summed E-state index contributed by atoms with van der Waals surface area (Å²) >= 11 is 0. The molecule has 1 fully saturated rings. The third-order valence-electron chi connectivity index (χ3n) is 4.28. The van der Waals surface area contributed by atoms with Gasteiger partial charge in [0.2, 0.25) is 5.91 Å². The van der Waals surface area contributed by atoms with Crippen LogP contribution in [-0.4, -0.2) is 38.0 Å². The number of aryl methyl sites for hydroxylation is 3. The molecular formula is C17H25NO4S. The third-order valence-corrected chi connectivity index (χ3v) is 6.40. The Morgan fingerprint density at radius 2 is 1.91 bits per heavy atom. The van der Waals surface area contributed by atoms with Gasteiger partial charge < -0.3 is 10.1 Å². The van der Waals surface area contributed by atoms with Crippen molar-refractivity contribution >= 4 is 21.4 Å². The molecule has 0 spiro atoms. The molecule has 2 atom stereocenters. The largest absolute Gasteiger partial charge is 0.377 e. The summed E-state index contributed by atoms with van der Waals surface area (Å²) in [6.45, 7) is 7.84. The maximum absolute atomic E-state index is 12.4. The average molecular weight is 339 g/mol. The highest BCUT2D eigenvalue weighted by molar-refractivity contribution is 7.92. The van der Waals surface area contributed by atoms with Crippen molar-refractivity contribution in [2.24, 2.45) is 0 Å². The fraction of sp³-hybridized carbons (Fsp3) is 0.588. The number of amides is 1. The normalized spacial score (nSPS) is 19.6. The number of carbonyl (C=O) groups excluding carboxylic acids is 1. The molecule has 5 nitrogen and oxygen atoms in total. The Kier molecular flexibility index (Phi) is 5.47. The molecule has 0 unspecified atom stereocenters. The smallest absolute Gasteiger partial charge is 0.242 e. The van der Waals surface area contributed by atoms with Gasteiger partial charge in [0.15, 0.2) is 9.84 Å². The van der Waals surface area contributed by atoms with E-state index >= 15 is 0 Å². The Labute approximate surface area is 138 Å². The molecule has 1 aliphatic rings. The topological polar surface area (TPSA) is 72.5 Å². The second kappa shape index (κ2) is 7.01. The molecule has 1 amide bonds. The van der Waals surface area contributed by atoms with Gasteiger partial charge in [-0.3, -0.25) is 4.79 Å². The van der Waals surface area contributed by atoms with Gasteiger partial charge in [0, 0.05) is 12.3 Å². The Morgan fingerprint density at radius 3 is 2.43 bits per heavy atom. The van der Waals surface area contributed by atoms with E-state index in [1.165, 1.54) is 6.92 Å². The number of carbonyl (C=O) groups is 1. The summed E-state index contributed by atoms with van der Waals surface area (Å²) in [6, 6.07) is 3.93. The fourth-order valence-corrected chi connectivity index (χ4v) is 4.40. The Hall–Kier alpha value is -1.40. The van der Waals surface area contributed by atoms with E-state index in [1.54, 1.807) is 0 Å². The molecule has 0 saturated carbocycles. The highest BCUT2D eigenvalue weighted by Gasteiger charge is 2.32. The molecule has 0 radical (unpaired) electrons. The lowest BCUT2D eigenvalue weighted by Gasteiger charge is -2.18. The van der Waals surface area contributed by atoms with Crippen LogP contribution in [-0.2, 0) is 19.4 Å². The number of anilines is 1. The summed E-state index contributed by atoms with van der Waals surface area (Å²) < 4.78 is 30.2. The third kappa shape index (κ3) is 4.32. The summed E-state index contributed by atoms with van der Waals surface area (Å²) in [7, 11) is -3.53. The van der Waals surface area contributed by atoms with E-state index in [-0.39, 0.29) is 11.9 Å². The molecule has 2 rings (SSSR count). The molecule has 1 saturated heterocycles. The summed E-state index contributed by atoms with van der Waals surface area (Å²) in [5.41, 5.74) is 3.66. The second-order valence-corrected chi connectivity index (χ2v) is 8.74. The van der Waals surface area contributed by atoms with Crippen molar-refractivity contribution in [1.29, 1.82) is 0 Å². The van der Waals surface area contributed by atoms with E-state index in [4.69, 9.17) is 4.74 Å². The Morgan fingerprint density at radius 1 is 1.30 bits per heavy atom. The Balaban J connectivity index is 2.10. The summed E-state index contributed by atoms with van der Waals surface area (Å²) in [5, 5.41) is 1.69. The number of nitrogens with one attached hydrogen (secondary N) is 1. The fourth-order valence-electron chi connectivity index (χ4n) is 2.94. The van der Waals surface area contributed by atoms with Crippen LogP contribution >= 0.6 is 0 Å². The molecule has 1 aromatic carbocycles. The molecule has 128 valence electrons. The maximum Gasteiger partial charge on any atom is 0.242 e. The number of benzene rings is 1. The van der Waals surface area contributed by atoms with Crippen molar-refractivity contribution in [1.82, 2.24) is 0 Å². The first-order valence-corrected chi connectivity index (χ1v) is 9.64. The summed E-state index contributed by atoms with van der Waals surface area (Å²) in [4.78, 5) is 12.4. The van der Waals surface area contributed by atoms with Crippen LogP contribution < -0.4 is 5.32 Å². The van der Waals surface area contributed by atoms with Gasteiger partial charge >= 0.3 is 0 Å². The molecule has 6 heteroatoms. The van der Waals surface area contributed by atoms with Crippen molar-refractivity contribution in [2.45, 2.75) is 51.9 Å². The van der Waals surface area contributed by atoms with E-state index in [0.29, 0.717) is 12.3 Å². The molecule has 1 aliphatic heterocycles. The van der Waals surface area contributed by atoms with Crippen molar-refractivity contribution in [2.75, 3.05) is 17.7 Å². The molecule has 1 heterocycles. The van der Waals surface area contributed by atoms with Crippen molar-refractivity contribution in [3.63, 3.8) is 0 Å². The number of rotatable bonds is 5. The zero-order valence-corrected chi connectivity index (χ0v) is 15.0. The first kappa shape index (κ1) is 17.9. The lowest BCUT2D eigenvalue weighted by Crippen LogP contribution is -2.37. The van der Waals surface area contributed by atoms with Crippen LogP contribution in [0, 0.1) is 20.8 Å². The van der Waals surface area contributed by atoms with Crippen LogP contribution in [0.4, 0.5) is 5.69 Å². The lowest BCUT2D eigenvalue weighted by molar-refractivity contribution is -0.115. The van der Waals surface area contributed by atoms with Crippen molar-refractivity contribution in [3.8, 4) is 0 Å². The molecule has 23 heavy (non-hydrogen) atoms. The van der Waals surface area contributed by atoms with Gasteiger partial charge in [-0.25, -0.2) is 8.42 Å². The van der Waals surface area contributed by atoms with Gasteiger partial charge in [0.25, 0.3) is 0 Å². The first-order chi connectivity index (χ1) is 10.7. The number of ether oxygens (including phenoxy) is 1. The quantitative estimate of drug-likeness (QED) is 0.895. The standard InChI is InChI=1S/C17H25NO4S/c1-11-8-12(2)16(13(3)9-11)18-17(19)14(4)23(20,21)10-15-6-5-7-22-15/h8-9,14-15H,5-7,10H2,1-4H3,(H,18,19)/t14-,15+/m0/s1. The zero-order chi connectivity index (χ0) is 17.2. The van der Waals surface area contributed by atoms with Crippen LogP contribution in [0.15, 0.2) is 12.1 Å². The number of hydrogen-bond acceptors (Lipinski definition) is 4. The average Bonchev–Trinajstić information content (AvgIpc) is 2.93. The zero-order valence-electron chi connectivity index (χ0n) is 14.2. The predicted molar refractivity (Wildman–Crippen MR) is 91.5 cm³/mol. The van der Waals surface area contributed by atoms with Crippen LogP contribution in [0.3, 0.4) is 0 Å². The second-order valence-electron chi connectivity index (χ2n) is 6.37. The van der Waals surface area contributed by atoms with E-state index in [1.807, 2.05) is 32.9 Å². The first-order valence-electron chi connectivity index (χ1n) is 7.92. The van der Waals surface area contributed by atoms with E-state index in [2.05, 4.69) is 5.32 Å². The Bertz CT molecular complexity index is 668. The minimum Gasteiger partial charge on any atom is -0.377 e. The minimum absolute atomic E-state index is 0.0898. The molecule has 1 aromatic rings. The van der Waals surface area contributed by atoms with Crippen molar-refractivity contribution in [3.05, 3.63) is 28.8 Å². The van der Waals surface area contributed by atoms with E-state index in [9.17, 15) is 13.2 Å². The van der Waals surface area contributed by atoms with Gasteiger partial charge in [-0.1, -0.05) is 17.7 Å². The highest BCUT2D eigenvalue weighted by Crippen LogP contribution is 2.23. The van der Waals surface area contributed by atoms with Crippen LogP contribution in [0.25, 0.3) is 0 Å². The van der Waals surface area contributed by atoms with Crippen LogP contribution in [0.1, 0.15) is 36.5 Å². The SMILES string of the molecule is Cc1cc(C)c(NC(=O)[C@H](C)S(=O)(=O)C[C@H]2CCCO2)c(C)c1. The van der Waals surface area contributed by atoms with Gasteiger partial charge in [0.1, 0.15) is 5.25 Å². The molecule has 0 aliphatic carbocycles. The van der Waals surface area contributed by atoms with Crippen LogP contribution in [0.2, 0.25) is 0 Å².